The molecule has 1 N–H and O–H groups in total. The van der Waals surface area contributed by atoms with Crippen molar-refractivity contribution >= 4 is 9.73 Å². The Morgan fingerprint density at radius 1 is 1.50 bits per heavy atom. The van der Waals surface area contributed by atoms with Crippen LogP contribution in [0.3, 0.4) is 0 Å². The molecule has 0 amide bonds. The maximum Gasteiger partial charge on any atom is 0.214 e. The Bertz CT molecular complexity index is 247. The van der Waals surface area contributed by atoms with E-state index in [0.29, 0.717) is 24.6 Å². The van der Waals surface area contributed by atoms with Crippen molar-refractivity contribution in [2.45, 2.75) is 0 Å². The summed E-state index contributed by atoms with van der Waals surface area (Å²) in [5, 5.41) is 11.2. The lowest BCUT2D eigenvalue weighted by atomic mass is 10.6. The zero-order valence-corrected chi connectivity index (χ0v) is 6.36. The first-order valence-corrected chi connectivity index (χ1v) is 4.93. The molecule has 0 bridgehead atoms. The highest BCUT2D eigenvalue weighted by Crippen LogP contribution is 1.98. The van der Waals surface area contributed by atoms with Crippen molar-refractivity contribution in [2.75, 3.05) is 24.6 Å². The molecule has 10 heavy (non-hydrogen) atoms. The van der Waals surface area contributed by atoms with Crippen molar-refractivity contribution in [3.05, 3.63) is 0 Å². The van der Waals surface area contributed by atoms with E-state index in [9.17, 15) is 4.21 Å². The molecule has 56 valence electrons. The van der Waals surface area contributed by atoms with Gasteiger partial charge in [-0.2, -0.15) is 5.26 Å². The van der Waals surface area contributed by atoms with E-state index in [1.54, 1.807) is 6.19 Å². The summed E-state index contributed by atoms with van der Waals surface area (Å²) in [7, 11) is -2.14. The Morgan fingerprint density at radius 2 is 2.10 bits per heavy atom. The van der Waals surface area contributed by atoms with Crippen LogP contribution < -0.4 is 5.32 Å². The van der Waals surface area contributed by atoms with Gasteiger partial charge in [-0.3, -0.25) is 0 Å². The average molecular weight is 159 g/mol. The van der Waals surface area contributed by atoms with Crippen molar-refractivity contribution in [3.63, 3.8) is 0 Å². The summed E-state index contributed by atoms with van der Waals surface area (Å²) in [5.74, 6) is 1.03. The van der Waals surface area contributed by atoms with Crippen molar-refractivity contribution in [1.82, 2.24) is 5.32 Å². The van der Waals surface area contributed by atoms with E-state index < -0.39 is 9.73 Å². The van der Waals surface area contributed by atoms with E-state index in [-0.39, 0.29) is 0 Å². The summed E-state index contributed by atoms with van der Waals surface area (Å²) in [6.45, 7) is 1.42. The van der Waals surface area contributed by atoms with E-state index in [4.69, 9.17) is 5.26 Å². The van der Waals surface area contributed by atoms with Crippen LogP contribution in [-0.4, -0.2) is 28.8 Å². The van der Waals surface area contributed by atoms with Gasteiger partial charge in [0.2, 0.25) is 6.19 Å². The molecule has 0 aromatic heterocycles. The van der Waals surface area contributed by atoms with E-state index in [0.717, 1.165) is 0 Å². The average Bonchev–Trinajstić information content (AvgIpc) is 1.89. The number of nitrogens with one attached hydrogen (secondary N) is 1. The second kappa shape index (κ2) is 2.99. The van der Waals surface area contributed by atoms with Crippen LogP contribution in [0.2, 0.25) is 0 Å². The molecule has 0 saturated carbocycles. The quantitative estimate of drug-likeness (QED) is 0.486. The normalized spacial score (nSPS) is 23.1. The smallest absolute Gasteiger partial charge is 0.214 e. The highest BCUT2D eigenvalue weighted by Gasteiger charge is 2.12. The molecule has 1 heterocycles. The molecule has 0 aliphatic carbocycles. The highest BCUT2D eigenvalue weighted by atomic mass is 32.2. The van der Waals surface area contributed by atoms with E-state index in [1.165, 1.54) is 0 Å². The van der Waals surface area contributed by atoms with Gasteiger partial charge in [0.1, 0.15) is 0 Å². The third kappa shape index (κ3) is 1.69. The SMILES string of the molecule is N#CN=S1(=O)CCNCC1. The summed E-state index contributed by atoms with van der Waals surface area (Å²) in [6, 6.07) is 0. The molecule has 1 saturated heterocycles. The minimum absolute atomic E-state index is 0.514. The van der Waals surface area contributed by atoms with Crippen LogP contribution in [0.25, 0.3) is 0 Å². The van der Waals surface area contributed by atoms with Gasteiger partial charge < -0.3 is 5.32 Å². The van der Waals surface area contributed by atoms with Gasteiger partial charge in [0.25, 0.3) is 0 Å². The first-order chi connectivity index (χ1) is 4.77. The largest absolute Gasteiger partial charge is 0.315 e. The third-order valence-corrected chi connectivity index (χ3v) is 3.50. The Hall–Kier alpha value is -0.600. The van der Waals surface area contributed by atoms with Gasteiger partial charge in [-0.05, 0) is 0 Å². The number of hydrogen-bond acceptors (Lipinski definition) is 4. The molecule has 0 unspecified atom stereocenters. The van der Waals surface area contributed by atoms with Crippen molar-refractivity contribution < 1.29 is 4.21 Å². The van der Waals surface area contributed by atoms with Gasteiger partial charge in [-0.15, -0.1) is 4.36 Å². The summed E-state index contributed by atoms with van der Waals surface area (Å²) in [5.41, 5.74) is 0. The van der Waals surface area contributed by atoms with Crippen LogP contribution in [0.5, 0.6) is 0 Å². The summed E-state index contributed by atoms with van der Waals surface area (Å²) >= 11 is 0. The van der Waals surface area contributed by atoms with Gasteiger partial charge in [0, 0.05) is 24.6 Å². The molecular weight excluding hydrogens is 150 g/mol. The number of nitriles is 1. The second-order valence-electron chi connectivity index (χ2n) is 2.12. The van der Waals surface area contributed by atoms with Crippen LogP contribution in [0.4, 0.5) is 0 Å². The Balaban J connectivity index is 2.78. The third-order valence-electron chi connectivity index (χ3n) is 1.40. The fourth-order valence-corrected chi connectivity index (χ4v) is 2.32. The number of rotatable bonds is 0. The fourth-order valence-electron chi connectivity index (χ4n) is 0.856. The predicted octanol–water partition coefficient (Wildman–Crippen LogP) is -0.461. The van der Waals surface area contributed by atoms with Gasteiger partial charge in [-0.25, -0.2) is 4.21 Å². The molecule has 1 rings (SSSR count). The molecule has 0 atom stereocenters. The van der Waals surface area contributed by atoms with Gasteiger partial charge in [-0.1, -0.05) is 0 Å². The first-order valence-electron chi connectivity index (χ1n) is 3.08. The molecule has 0 aromatic rings. The summed E-state index contributed by atoms with van der Waals surface area (Å²) < 4.78 is 14.8. The number of nitrogens with zero attached hydrogens (tertiary/aromatic N) is 2. The van der Waals surface area contributed by atoms with Gasteiger partial charge in [0.05, 0.1) is 9.73 Å². The lowest BCUT2D eigenvalue weighted by molar-refractivity contribution is 0.652. The van der Waals surface area contributed by atoms with Crippen LogP contribution in [-0.2, 0) is 9.73 Å². The second-order valence-corrected chi connectivity index (χ2v) is 4.67. The molecule has 1 aliphatic heterocycles. The molecular formula is C5H9N3OS. The molecule has 0 spiro atoms. The minimum Gasteiger partial charge on any atom is -0.315 e. The van der Waals surface area contributed by atoms with Crippen molar-refractivity contribution in [1.29, 1.82) is 5.26 Å². The van der Waals surface area contributed by atoms with Crippen molar-refractivity contribution in [3.8, 4) is 6.19 Å². The Labute approximate surface area is 60.4 Å². The lowest BCUT2D eigenvalue weighted by Crippen LogP contribution is -2.35. The zero-order chi connectivity index (χ0) is 7.45. The summed E-state index contributed by atoms with van der Waals surface area (Å²) in [4.78, 5) is 0. The Kier molecular flexibility index (Phi) is 2.25. The maximum absolute atomic E-state index is 11.4. The summed E-state index contributed by atoms with van der Waals surface area (Å²) in [6.07, 6.45) is 1.60. The van der Waals surface area contributed by atoms with Gasteiger partial charge in [0.15, 0.2) is 0 Å². The van der Waals surface area contributed by atoms with E-state index in [1.807, 2.05) is 0 Å². The zero-order valence-electron chi connectivity index (χ0n) is 5.54. The van der Waals surface area contributed by atoms with Crippen LogP contribution >= 0.6 is 0 Å². The van der Waals surface area contributed by atoms with E-state index >= 15 is 0 Å². The van der Waals surface area contributed by atoms with Crippen molar-refractivity contribution in [2.24, 2.45) is 4.36 Å². The topological polar surface area (TPSA) is 65.2 Å². The van der Waals surface area contributed by atoms with Crippen LogP contribution in [0.1, 0.15) is 0 Å². The molecule has 0 radical (unpaired) electrons. The van der Waals surface area contributed by atoms with Crippen LogP contribution in [0, 0.1) is 11.5 Å². The minimum atomic E-state index is -2.14. The highest BCUT2D eigenvalue weighted by molar-refractivity contribution is 7.93. The maximum atomic E-state index is 11.4. The van der Waals surface area contributed by atoms with Gasteiger partial charge >= 0.3 is 0 Å². The molecule has 0 aromatic carbocycles. The lowest BCUT2D eigenvalue weighted by Gasteiger charge is -2.14. The molecule has 1 aliphatic rings. The molecule has 1 fully saturated rings. The monoisotopic (exact) mass is 159 g/mol. The fraction of sp³-hybridized carbons (Fsp3) is 0.800. The van der Waals surface area contributed by atoms with Crippen LogP contribution in [0.15, 0.2) is 4.36 Å². The van der Waals surface area contributed by atoms with E-state index in [2.05, 4.69) is 9.68 Å². The molecule has 5 heteroatoms. The Morgan fingerprint density at radius 3 is 2.60 bits per heavy atom. The number of hydrogen-bond donors (Lipinski definition) is 1. The predicted molar refractivity (Wildman–Crippen MR) is 38.8 cm³/mol. The molecule has 4 nitrogen and oxygen atoms in total. The standard InChI is InChI=1S/C5H9N3OS/c6-5-8-10(9)3-1-7-2-4-10/h7H,1-4H2. The first kappa shape index (κ1) is 7.51.